The van der Waals surface area contributed by atoms with Crippen LogP contribution < -0.4 is 0 Å². The third kappa shape index (κ3) is 2.92. The zero-order valence-corrected chi connectivity index (χ0v) is 15.7. The predicted octanol–water partition coefficient (Wildman–Crippen LogP) is 3.57. The summed E-state index contributed by atoms with van der Waals surface area (Å²) in [5, 5.41) is 0. The summed E-state index contributed by atoms with van der Waals surface area (Å²) in [6, 6.07) is 6.02. The van der Waals surface area contributed by atoms with Crippen molar-refractivity contribution in [2.75, 3.05) is 6.54 Å². The molecule has 0 aliphatic carbocycles. The molecule has 6 nitrogen and oxygen atoms in total. The number of amides is 1. The van der Waals surface area contributed by atoms with Crippen LogP contribution >= 0.6 is 11.3 Å². The van der Waals surface area contributed by atoms with E-state index in [0.717, 1.165) is 53.7 Å². The highest BCUT2D eigenvalue weighted by Crippen LogP contribution is 2.33. The Morgan fingerprint density at radius 1 is 1.35 bits per heavy atom. The van der Waals surface area contributed by atoms with Crippen molar-refractivity contribution in [3.05, 3.63) is 58.2 Å². The number of likely N-dealkylation sites (tertiary alicyclic amines) is 1. The number of carbonyl (C=O) groups is 1. The molecular weight excluding hydrogens is 346 g/mol. The van der Waals surface area contributed by atoms with Crippen LogP contribution in [-0.2, 0) is 6.42 Å². The minimum absolute atomic E-state index is 0.0116. The van der Waals surface area contributed by atoms with Crippen LogP contribution in [0.5, 0.6) is 0 Å². The summed E-state index contributed by atoms with van der Waals surface area (Å²) in [7, 11) is 0. The van der Waals surface area contributed by atoms with E-state index in [4.69, 9.17) is 4.98 Å². The molecule has 1 saturated heterocycles. The Morgan fingerprint density at radius 3 is 3.00 bits per heavy atom. The van der Waals surface area contributed by atoms with E-state index >= 15 is 0 Å². The number of aromatic nitrogens is 4. The van der Waals surface area contributed by atoms with Gasteiger partial charge < -0.3 is 4.90 Å². The van der Waals surface area contributed by atoms with E-state index < -0.39 is 0 Å². The molecule has 4 heterocycles. The van der Waals surface area contributed by atoms with E-state index in [2.05, 4.69) is 16.9 Å². The summed E-state index contributed by atoms with van der Waals surface area (Å²) in [6.45, 7) is 4.73. The quantitative estimate of drug-likeness (QED) is 0.707. The maximum Gasteiger partial charge on any atom is 0.266 e. The minimum Gasteiger partial charge on any atom is -0.329 e. The van der Waals surface area contributed by atoms with E-state index in [9.17, 15) is 4.79 Å². The number of rotatable bonds is 4. The summed E-state index contributed by atoms with van der Waals surface area (Å²) in [4.78, 5) is 29.1. The van der Waals surface area contributed by atoms with Crippen molar-refractivity contribution in [2.45, 2.75) is 39.2 Å². The number of carbonyl (C=O) groups excluding carboxylic acids is 1. The Morgan fingerprint density at radius 2 is 2.23 bits per heavy atom. The van der Waals surface area contributed by atoms with E-state index in [1.165, 1.54) is 11.3 Å². The molecule has 0 saturated carbocycles. The molecule has 7 heteroatoms. The third-order valence-electron chi connectivity index (χ3n) is 4.83. The lowest BCUT2D eigenvalue weighted by Gasteiger charge is -2.24. The van der Waals surface area contributed by atoms with Gasteiger partial charge in [0.15, 0.2) is 0 Å². The van der Waals surface area contributed by atoms with Crippen LogP contribution in [0.1, 0.15) is 52.7 Å². The monoisotopic (exact) mass is 367 g/mol. The summed E-state index contributed by atoms with van der Waals surface area (Å²) in [5.41, 5.74) is 3.47. The maximum absolute atomic E-state index is 13.0. The highest BCUT2D eigenvalue weighted by Gasteiger charge is 2.33. The zero-order valence-electron chi connectivity index (χ0n) is 14.9. The molecule has 1 aliphatic heterocycles. The first kappa shape index (κ1) is 16.9. The van der Waals surface area contributed by atoms with Gasteiger partial charge >= 0.3 is 0 Å². The van der Waals surface area contributed by atoms with Crippen LogP contribution in [-0.4, -0.2) is 36.9 Å². The fourth-order valence-electron chi connectivity index (χ4n) is 3.52. The van der Waals surface area contributed by atoms with Crippen molar-refractivity contribution in [3.63, 3.8) is 0 Å². The lowest BCUT2D eigenvalue weighted by Crippen LogP contribution is -2.31. The van der Waals surface area contributed by atoms with Crippen molar-refractivity contribution < 1.29 is 4.79 Å². The van der Waals surface area contributed by atoms with Crippen LogP contribution in [0, 0.1) is 6.92 Å². The van der Waals surface area contributed by atoms with Gasteiger partial charge in [-0.2, -0.15) is 0 Å². The predicted molar refractivity (Wildman–Crippen MR) is 101 cm³/mol. The van der Waals surface area contributed by atoms with Gasteiger partial charge in [0, 0.05) is 25.4 Å². The first-order valence-corrected chi connectivity index (χ1v) is 9.77. The van der Waals surface area contributed by atoms with Crippen LogP contribution in [0.15, 0.2) is 36.1 Å². The number of pyridine rings is 1. The Kier molecular flexibility index (Phi) is 4.55. The number of thiazole rings is 1. The van der Waals surface area contributed by atoms with Gasteiger partial charge in [-0.15, -0.1) is 11.3 Å². The topological polar surface area (TPSA) is 63.9 Å². The molecule has 1 atom stereocenters. The molecule has 3 aromatic heterocycles. The number of hydrogen-bond acceptors (Lipinski definition) is 5. The molecule has 26 heavy (non-hydrogen) atoms. The molecule has 0 aromatic carbocycles. The second kappa shape index (κ2) is 6.99. The molecule has 134 valence electrons. The standard InChI is InChI=1S/C19H21N5OS/c1-3-16-20-9-11-24(16)17-8-4-6-14(22-17)15-7-5-10-23(15)19(25)18-13(2)21-12-26-18/h4,6,8-9,11-12,15H,3,5,7,10H2,1-2H3. The van der Waals surface area contributed by atoms with Crippen molar-refractivity contribution in [2.24, 2.45) is 0 Å². The molecule has 0 N–H and O–H groups in total. The van der Waals surface area contributed by atoms with E-state index in [1.807, 2.05) is 40.8 Å². The number of aryl methyl sites for hydroxylation is 2. The molecule has 1 aliphatic rings. The summed E-state index contributed by atoms with van der Waals surface area (Å²) < 4.78 is 2.01. The Balaban J connectivity index is 1.65. The van der Waals surface area contributed by atoms with Gasteiger partial charge in [0.05, 0.1) is 22.9 Å². The number of imidazole rings is 1. The lowest BCUT2D eigenvalue weighted by atomic mass is 10.1. The molecular formula is C19H21N5OS. The number of nitrogens with zero attached hydrogens (tertiary/aromatic N) is 5. The van der Waals surface area contributed by atoms with Gasteiger partial charge in [-0.05, 0) is 31.9 Å². The highest BCUT2D eigenvalue weighted by atomic mass is 32.1. The van der Waals surface area contributed by atoms with Crippen LogP contribution in [0.3, 0.4) is 0 Å². The normalized spacial score (nSPS) is 17.0. The number of hydrogen-bond donors (Lipinski definition) is 0. The molecule has 1 fully saturated rings. The first-order chi connectivity index (χ1) is 12.7. The Labute approximate surface area is 156 Å². The summed E-state index contributed by atoms with van der Waals surface area (Å²) in [5.74, 6) is 1.90. The average molecular weight is 367 g/mol. The molecule has 1 unspecified atom stereocenters. The Hall–Kier alpha value is -2.54. The highest BCUT2D eigenvalue weighted by molar-refractivity contribution is 7.11. The fraction of sp³-hybridized carbons (Fsp3) is 0.368. The molecule has 0 spiro atoms. The third-order valence-corrected chi connectivity index (χ3v) is 5.75. The molecule has 0 bridgehead atoms. The van der Waals surface area contributed by atoms with Gasteiger partial charge in [-0.3, -0.25) is 9.36 Å². The second-order valence-corrected chi connectivity index (χ2v) is 7.27. The van der Waals surface area contributed by atoms with Gasteiger partial charge in [0.1, 0.15) is 16.5 Å². The Bertz CT molecular complexity index is 931. The van der Waals surface area contributed by atoms with Crippen molar-refractivity contribution in [3.8, 4) is 5.82 Å². The smallest absolute Gasteiger partial charge is 0.266 e. The van der Waals surface area contributed by atoms with Crippen LogP contribution in [0.2, 0.25) is 0 Å². The van der Waals surface area contributed by atoms with E-state index in [0.29, 0.717) is 0 Å². The average Bonchev–Trinajstić information content (AvgIpc) is 3.41. The van der Waals surface area contributed by atoms with Crippen LogP contribution in [0.4, 0.5) is 0 Å². The first-order valence-electron chi connectivity index (χ1n) is 8.89. The van der Waals surface area contributed by atoms with Gasteiger partial charge in [0.2, 0.25) is 0 Å². The van der Waals surface area contributed by atoms with E-state index in [-0.39, 0.29) is 11.9 Å². The fourth-order valence-corrected chi connectivity index (χ4v) is 4.28. The minimum atomic E-state index is 0.0116. The van der Waals surface area contributed by atoms with Crippen molar-refractivity contribution >= 4 is 17.2 Å². The molecule has 4 rings (SSSR count). The lowest BCUT2D eigenvalue weighted by molar-refractivity contribution is 0.0737. The summed E-state index contributed by atoms with van der Waals surface area (Å²) in [6.07, 6.45) is 6.50. The molecule has 3 aromatic rings. The molecule has 1 amide bonds. The summed E-state index contributed by atoms with van der Waals surface area (Å²) >= 11 is 1.41. The SMILES string of the molecule is CCc1nccn1-c1cccc(C2CCCN2C(=O)c2scnc2C)n1. The van der Waals surface area contributed by atoms with Crippen molar-refractivity contribution in [1.29, 1.82) is 0 Å². The maximum atomic E-state index is 13.0. The molecule has 0 radical (unpaired) electrons. The second-order valence-electron chi connectivity index (χ2n) is 6.41. The largest absolute Gasteiger partial charge is 0.329 e. The van der Waals surface area contributed by atoms with Crippen molar-refractivity contribution in [1.82, 2.24) is 24.4 Å². The van der Waals surface area contributed by atoms with Gasteiger partial charge in [-0.1, -0.05) is 13.0 Å². The zero-order chi connectivity index (χ0) is 18.1. The van der Waals surface area contributed by atoms with Gasteiger partial charge in [0.25, 0.3) is 5.91 Å². The van der Waals surface area contributed by atoms with Crippen LogP contribution in [0.25, 0.3) is 5.82 Å². The van der Waals surface area contributed by atoms with Gasteiger partial charge in [-0.25, -0.2) is 15.0 Å². The van der Waals surface area contributed by atoms with E-state index in [1.54, 1.807) is 11.7 Å².